The fourth-order valence-corrected chi connectivity index (χ4v) is 3.85. The molecule has 0 atom stereocenters. The molecule has 2 aromatic rings. The highest BCUT2D eigenvalue weighted by molar-refractivity contribution is 7.80. The van der Waals surface area contributed by atoms with Crippen LogP contribution >= 0.6 is 35.4 Å². The van der Waals surface area contributed by atoms with Crippen molar-refractivity contribution < 1.29 is 4.74 Å². The Kier molecular flexibility index (Phi) is 6.06. The van der Waals surface area contributed by atoms with E-state index in [0.717, 1.165) is 48.9 Å². The zero-order valence-electron chi connectivity index (χ0n) is 14.6. The summed E-state index contributed by atoms with van der Waals surface area (Å²) in [7, 11) is 1.65. The van der Waals surface area contributed by atoms with Crippen LogP contribution in [-0.4, -0.2) is 48.3 Å². The summed E-state index contributed by atoms with van der Waals surface area (Å²) < 4.78 is 5.41. The van der Waals surface area contributed by atoms with E-state index >= 15 is 0 Å². The van der Waals surface area contributed by atoms with E-state index in [2.05, 4.69) is 20.1 Å². The van der Waals surface area contributed by atoms with Crippen molar-refractivity contribution in [2.24, 2.45) is 0 Å². The lowest BCUT2D eigenvalue weighted by Gasteiger charge is -2.38. The molecule has 138 valence electrons. The van der Waals surface area contributed by atoms with Crippen molar-refractivity contribution >= 4 is 51.9 Å². The zero-order chi connectivity index (χ0) is 18.7. The second-order valence-electron chi connectivity index (χ2n) is 6.06. The summed E-state index contributed by atoms with van der Waals surface area (Å²) >= 11 is 18.1. The third-order valence-corrected chi connectivity index (χ3v) is 5.22. The standard InChI is InChI=1S/C18H20Cl2N4OS/c1-12-3-4-16(25-2)15(9-12)22-18(26)24-7-5-23(6-8-24)17-13(19)10-21-11-14(17)20/h3-4,9-11H,5-8H2,1-2H3,(H,22,26). The fraction of sp³-hybridized carbons (Fsp3) is 0.333. The van der Waals surface area contributed by atoms with Crippen LogP contribution in [0.4, 0.5) is 11.4 Å². The Bertz CT molecular complexity index is 790. The number of pyridine rings is 1. The molecule has 1 N–H and O–H groups in total. The Morgan fingerprint density at radius 3 is 2.42 bits per heavy atom. The topological polar surface area (TPSA) is 40.6 Å². The first-order valence-corrected chi connectivity index (χ1v) is 9.40. The maximum absolute atomic E-state index is 6.26. The van der Waals surface area contributed by atoms with Gasteiger partial charge < -0.3 is 19.9 Å². The van der Waals surface area contributed by atoms with Gasteiger partial charge in [-0.1, -0.05) is 29.3 Å². The average molecular weight is 411 g/mol. The van der Waals surface area contributed by atoms with Gasteiger partial charge in [-0.2, -0.15) is 0 Å². The second kappa shape index (κ2) is 8.29. The van der Waals surface area contributed by atoms with Crippen LogP contribution in [0.3, 0.4) is 0 Å². The number of ether oxygens (including phenoxy) is 1. The highest BCUT2D eigenvalue weighted by Gasteiger charge is 2.23. The first kappa shape index (κ1) is 19.0. The third-order valence-electron chi connectivity index (χ3n) is 4.31. The van der Waals surface area contributed by atoms with Gasteiger partial charge in [-0.3, -0.25) is 4.98 Å². The average Bonchev–Trinajstić information content (AvgIpc) is 2.62. The minimum absolute atomic E-state index is 0.566. The normalized spacial score (nSPS) is 14.3. The van der Waals surface area contributed by atoms with Crippen molar-refractivity contribution in [1.82, 2.24) is 9.88 Å². The number of methoxy groups -OCH3 is 1. The zero-order valence-corrected chi connectivity index (χ0v) is 17.0. The summed E-state index contributed by atoms with van der Waals surface area (Å²) in [5.74, 6) is 0.770. The van der Waals surface area contributed by atoms with Crippen molar-refractivity contribution in [3.05, 3.63) is 46.2 Å². The fourth-order valence-electron chi connectivity index (χ4n) is 2.95. The van der Waals surface area contributed by atoms with Crippen LogP contribution in [0, 0.1) is 6.92 Å². The van der Waals surface area contributed by atoms with Crippen LogP contribution in [0.2, 0.25) is 10.0 Å². The molecule has 0 spiro atoms. The molecule has 0 bridgehead atoms. The summed E-state index contributed by atoms with van der Waals surface area (Å²) in [4.78, 5) is 8.31. The molecule has 1 saturated heterocycles. The van der Waals surface area contributed by atoms with Gasteiger partial charge in [0.2, 0.25) is 0 Å². The van der Waals surface area contributed by atoms with E-state index in [1.54, 1.807) is 19.5 Å². The summed E-state index contributed by atoms with van der Waals surface area (Å²) in [6.45, 7) is 5.13. The monoisotopic (exact) mass is 410 g/mol. The Morgan fingerprint density at radius 2 is 1.81 bits per heavy atom. The predicted molar refractivity (Wildman–Crippen MR) is 112 cm³/mol. The van der Waals surface area contributed by atoms with Crippen molar-refractivity contribution in [2.75, 3.05) is 43.5 Å². The minimum Gasteiger partial charge on any atom is -0.495 e. The molecular formula is C18H20Cl2N4OS. The van der Waals surface area contributed by atoms with Crippen molar-refractivity contribution in [1.29, 1.82) is 0 Å². The number of benzene rings is 1. The van der Waals surface area contributed by atoms with Gasteiger partial charge in [-0.25, -0.2) is 0 Å². The maximum Gasteiger partial charge on any atom is 0.173 e. The summed E-state index contributed by atoms with van der Waals surface area (Å²) in [5.41, 5.74) is 2.85. The van der Waals surface area contributed by atoms with E-state index in [9.17, 15) is 0 Å². The molecular weight excluding hydrogens is 391 g/mol. The smallest absolute Gasteiger partial charge is 0.173 e. The molecule has 1 fully saturated rings. The number of nitrogens with zero attached hydrogens (tertiary/aromatic N) is 3. The molecule has 26 heavy (non-hydrogen) atoms. The second-order valence-corrected chi connectivity index (χ2v) is 7.26. The molecule has 1 aromatic heterocycles. The summed E-state index contributed by atoms with van der Waals surface area (Å²) in [5, 5.41) is 5.11. The minimum atomic E-state index is 0.566. The van der Waals surface area contributed by atoms with Crippen LogP contribution in [0.5, 0.6) is 5.75 Å². The van der Waals surface area contributed by atoms with E-state index < -0.39 is 0 Å². The van der Waals surface area contributed by atoms with Crippen molar-refractivity contribution in [3.63, 3.8) is 0 Å². The molecule has 5 nitrogen and oxygen atoms in total. The Balaban J connectivity index is 1.65. The lowest BCUT2D eigenvalue weighted by molar-refractivity contribution is 0.390. The lowest BCUT2D eigenvalue weighted by atomic mass is 10.2. The molecule has 0 saturated carbocycles. The number of halogens is 2. The van der Waals surface area contributed by atoms with Gasteiger partial charge in [0.05, 0.1) is 28.5 Å². The van der Waals surface area contributed by atoms with Crippen LogP contribution in [-0.2, 0) is 0 Å². The first-order chi connectivity index (χ1) is 12.5. The number of aryl methyl sites for hydroxylation is 1. The van der Waals surface area contributed by atoms with Gasteiger partial charge in [0.15, 0.2) is 5.11 Å². The van der Waals surface area contributed by atoms with Crippen LogP contribution in [0.1, 0.15) is 5.56 Å². The van der Waals surface area contributed by atoms with Gasteiger partial charge in [-0.15, -0.1) is 0 Å². The number of piperazine rings is 1. The molecule has 1 aliphatic rings. The highest BCUT2D eigenvalue weighted by Crippen LogP contribution is 2.33. The summed E-state index contributed by atoms with van der Waals surface area (Å²) in [6, 6.07) is 5.97. The Hall–Kier alpha value is -1.76. The first-order valence-electron chi connectivity index (χ1n) is 8.24. The number of nitrogens with one attached hydrogen (secondary N) is 1. The lowest BCUT2D eigenvalue weighted by Crippen LogP contribution is -2.50. The van der Waals surface area contributed by atoms with Crippen molar-refractivity contribution in [2.45, 2.75) is 6.92 Å². The van der Waals surface area contributed by atoms with Gasteiger partial charge in [0, 0.05) is 38.6 Å². The SMILES string of the molecule is COc1ccc(C)cc1NC(=S)N1CCN(c2c(Cl)cncc2Cl)CC1. The van der Waals surface area contributed by atoms with E-state index in [1.807, 2.05) is 25.1 Å². The molecule has 1 aromatic carbocycles. The quantitative estimate of drug-likeness (QED) is 0.763. The number of aromatic nitrogens is 1. The maximum atomic E-state index is 6.26. The molecule has 3 rings (SSSR count). The molecule has 0 radical (unpaired) electrons. The van der Waals surface area contributed by atoms with Gasteiger partial charge in [0.25, 0.3) is 0 Å². The number of rotatable bonds is 3. The van der Waals surface area contributed by atoms with Gasteiger partial charge in [0.1, 0.15) is 5.75 Å². The van der Waals surface area contributed by atoms with Crippen LogP contribution < -0.4 is 15.0 Å². The molecule has 2 heterocycles. The Morgan fingerprint density at radius 1 is 1.15 bits per heavy atom. The van der Waals surface area contributed by atoms with Crippen LogP contribution in [0.25, 0.3) is 0 Å². The van der Waals surface area contributed by atoms with Crippen molar-refractivity contribution in [3.8, 4) is 5.75 Å². The number of thiocarbonyl (C=S) groups is 1. The molecule has 1 aliphatic heterocycles. The van der Waals surface area contributed by atoms with Gasteiger partial charge in [-0.05, 0) is 36.8 Å². The number of hydrogen-bond donors (Lipinski definition) is 1. The molecule has 0 unspecified atom stereocenters. The molecule has 0 aliphatic carbocycles. The van der Waals surface area contributed by atoms with Crippen LogP contribution in [0.15, 0.2) is 30.6 Å². The van der Waals surface area contributed by atoms with E-state index in [4.69, 9.17) is 40.2 Å². The largest absolute Gasteiger partial charge is 0.495 e. The van der Waals surface area contributed by atoms with Gasteiger partial charge >= 0.3 is 0 Å². The Labute approximate surface area is 168 Å². The highest BCUT2D eigenvalue weighted by atomic mass is 35.5. The van der Waals surface area contributed by atoms with E-state index in [-0.39, 0.29) is 0 Å². The van der Waals surface area contributed by atoms with E-state index in [1.165, 1.54) is 0 Å². The molecule has 8 heteroatoms. The number of anilines is 2. The third kappa shape index (κ3) is 4.14. The number of hydrogen-bond acceptors (Lipinski definition) is 4. The summed E-state index contributed by atoms with van der Waals surface area (Å²) in [6.07, 6.45) is 3.23. The van der Waals surface area contributed by atoms with E-state index in [0.29, 0.717) is 15.2 Å². The predicted octanol–water partition coefficient (Wildman–Crippen LogP) is 4.22. The molecule has 0 amide bonds.